The Bertz CT molecular complexity index is 445. The minimum atomic E-state index is 0. The quantitative estimate of drug-likeness (QED) is 0.911. The second-order valence-corrected chi connectivity index (χ2v) is 5.26. The standard InChI is InChI=1S/C14H19ClN2O.ClH/c1-10-3-4-12(9-13(10)15)17(2)14(18)11-5-7-16-8-6-11;/h3-4,9,11,16H,5-8H2,1-2H3;1H. The van der Waals surface area contributed by atoms with Crippen LogP contribution >= 0.6 is 24.0 Å². The van der Waals surface area contributed by atoms with Gasteiger partial charge in [-0.25, -0.2) is 0 Å². The molecule has 1 aliphatic rings. The number of hydrogen-bond donors (Lipinski definition) is 1. The Hall–Kier alpha value is -0.770. The minimum Gasteiger partial charge on any atom is -0.317 e. The smallest absolute Gasteiger partial charge is 0.229 e. The Morgan fingerprint density at radius 2 is 2.00 bits per heavy atom. The van der Waals surface area contributed by atoms with E-state index >= 15 is 0 Å². The van der Waals surface area contributed by atoms with E-state index in [9.17, 15) is 4.79 Å². The van der Waals surface area contributed by atoms with Crippen LogP contribution in [0.15, 0.2) is 18.2 Å². The van der Waals surface area contributed by atoms with Gasteiger partial charge in [0, 0.05) is 23.7 Å². The Kier molecular flexibility index (Phi) is 6.11. The molecule has 106 valence electrons. The van der Waals surface area contributed by atoms with E-state index in [-0.39, 0.29) is 24.2 Å². The van der Waals surface area contributed by atoms with Crippen LogP contribution in [0.2, 0.25) is 5.02 Å². The predicted octanol–water partition coefficient (Wildman–Crippen LogP) is 3.03. The summed E-state index contributed by atoms with van der Waals surface area (Å²) in [5, 5.41) is 3.98. The zero-order chi connectivity index (χ0) is 13.1. The highest BCUT2D eigenvalue weighted by molar-refractivity contribution is 6.31. The van der Waals surface area contributed by atoms with Gasteiger partial charge >= 0.3 is 0 Å². The van der Waals surface area contributed by atoms with E-state index in [1.54, 1.807) is 4.90 Å². The summed E-state index contributed by atoms with van der Waals surface area (Å²) in [4.78, 5) is 14.1. The Morgan fingerprint density at radius 1 is 1.37 bits per heavy atom. The summed E-state index contributed by atoms with van der Waals surface area (Å²) in [5.74, 6) is 0.327. The zero-order valence-corrected chi connectivity index (χ0v) is 12.9. The Labute approximate surface area is 125 Å². The molecule has 1 fully saturated rings. The van der Waals surface area contributed by atoms with Crippen LogP contribution in [0.5, 0.6) is 0 Å². The molecule has 1 aliphatic heterocycles. The van der Waals surface area contributed by atoms with E-state index in [0.717, 1.165) is 37.2 Å². The second-order valence-electron chi connectivity index (χ2n) is 4.86. The van der Waals surface area contributed by atoms with Crippen LogP contribution in [-0.4, -0.2) is 26.0 Å². The van der Waals surface area contributed by atoms with Gasteiger partial charge in [-0.3, -0.25) is 4.79 Å². The monoisotopic (exact) mass is 302 g/mol. The maximum Gasteiger partial charge on any atom is 0.229 e. The molecule has 0 spiro atoms. The van der Waals surface area contributed by atoms with Crippen molar-refractivity contribution in [3.63, 3.8) is 0 Å². The zero-order valence-electron chi connectivity index (χ0n) is 11.3. The molecule has 0 atom stereocenters. The average molecular weight is 303 g/mol. The maximum absolute atomic E-state index is 12.3. The molecule has 0 bridgehead atoms. The number of anilines is 1. The summed E-state index contributed by atoms with van der Waals surface area (Å²) in [6.07, 6.45) is 1.84. The van der Waals surface area contributed by atoms with Crippen LogP contribution in [0.1, 0.15) is 18.4 Å². The fourth-order valence-corrected chi connectivity index (χ4v) is 2.44. The molecule has 1 aromatic carbocycles. The highest BCUT2D eigenvalue weighted by atomic mass is 35.5. The van der Waals surface area contributed by atoms with Gasteiger partial charge in [0.2, 0.25) is 5.91 Å². The van der Waals surface area contributed by atoms with Crippen molar-refractivity contribution in [1.29, 1.82) is 0 Å². The number of hydrogen-bond acceptors (Lipinski definition) is 2. The number of carbonyl (C=O) groups excluding carboxylic acids is 1. The van der Waals surface area contributed by atoms with E-state index in [0.29, 0.717) is 5.02 Å². The van der Waals surface area contributed by atoms with Gasteiger partial charge < -0.3 is 10.2 Å². The van der Waals surface area contributed by atoms with Gasteiger partial charge in [-0.05, 0) is 50.6 Å². The third kappa shape index (κ3) is 3.85. The second kappa shape index (κ2) is 7.13. The van der Waals surface area contributed by atoms with E-state index in [1.807, 2.05) is 32.2 Å². The fraction of sp³-hybridized carbons (Fsp3) is 0.500. The highest BCUT2D eigenvalue weighted by Gasteiger charge is 2.24. The molecule has 3 nitrogen and oxygen atoms in total. The molecular formula is C14H20Cl2N2O. The number of rotatable bonds is 2. The van der Waals surface area contributed by atoms with E-state index < -0.39 is 0 Å². The fourth-order valence-electron chi connectivity index (χ4n) is 2.26. The molecule has 1 heterocycles. The number of aryl methyl sites for hydroxylation is 1. The molecule has 0 saturated carbocycles. The van der Waals surface area contributed by atoms with Crippen molar-refractivity contribution in [3.05, 3.63) is 28.8 Å². The normalized spacial score (nSPS) is 15.7. The third-order valence-corrected chi connectivity index (χ3v) is 3.97. The lowest BCUT2D eigenvalue weighted by molar-refractivity contribution is -0.122. The molecule has 5 heteroatoms. The van der Waals surface area contributed by atoms with Gasteiger partial charge in [0.05, 0.1) is 0 Å². The number of nitrogens with zero attached hydrogens (tertiary/aromatic N) is 1. The minimum absolute atomic E-state index is 0. The highest BCUT2D eigenvalue weighted by Crippen LogP contribution is 2.24. The molecule has 0 radical (unpaired) electrons. The maximum atomic E-state index is 12.3. The van der Waals surface area contributed by atoms with Crippen molar-refractivity contribution in [2.75, 3.05) is 25.0 Å². The molecule has 1 saturated heterocycles. The third-order valence-electron chi connectivity index (χ3n) is 3.56. The molecule has 0 aliphatic carbocycles. The molecule has 0 unspecified atom stereocenters. The number of carbonyl (C=O) groups is 1. The topological polar surface area (TPSA) is 32.3 Å². The number of benzene rings is 1. The van der Waals surface area contributed by atoms with Crippen molar-refractivity contribution >= 4 is 35.6 Å². The molecule has 19 heavy (non-hydrogen) atoms. The Balaban J connectivity index is 0.00000180. The van der Waals surface area contributed by atoms with Gasteiger partial charge in [-0.1, -0.05) is 17.7 Å². The lowest BCUT2D eigenvalue weighted by atomic mass is 9.96. The molecule has 1 amide bonds. The summed E-state index contributed by atoms with van der Waals surface area (Å²) < 4.78 is 0. The molecule has 2 rings (SSSR count). The summed E-state index contributed by atoms with van der Waals surface area (Å²) in [6, 6.07) is 5.75. The number of amides is 1. The number of piperidine rings is 1. The summed E-state index contributed by atoms with van der Waals surface area (Å²) in [6.45, 7) is 3.82. The number of nitrogens with one attached hydrogen (secondary N) is 1. The first-order valence-electron chi connectivity index (χ1n) is 6.34. The average Bonchev–Trinajstić information content (AvgIpc) is 2.41. The lowest BCUT2D eigenvalue weighted by Crippen LogP contribution is -2.39. The molecule has 0 aromatic heterocycles. The Morgan fingerprint density at radius 3 is 2.58 bits per heavy atom. The van der Waals surface area contributed by atoms with Crippen LogP contribution in [0.3, 0.4) is 0 Å². The first-order chi connectivity index (χ1) is 8.59. The van der Waals surface area contributed by atoms with E-state index in [4.69, 9.17) is 11.6 Å². The lowest BCUT2D eigenvalue weighted by Gasteiger charge is -2.27. The van der Waals surface area contributed by atoms with Crippen molar-refractivity contribution in [3.8, 4) is 0 Å². The van der Waals surface area contributed by atoms with Crippen LogP contribution in [0.4, 0.5) is 5.69 Å². The van der Waals surface area contributed by atoms with Crippen molar-refractivity contribution in [2.45, 2.75) is 19.8 Å². The largest absolute Gasteiger partial charge is 0.317 e. The summed E-state index contributed by atoms with van der Waals surface area (Å²) in [5.41, 5.74) is 1.90. The summed E-state index contributed by atoms with van der Waals surface area (Å²) >= 11 is 6.10. The molecule has 1 N–H and O–H groups in total. The molecular weight excluding hydrogens is 283 g/mol. The van der Waals surface area contributed by atoms with Gasteiger partial charge in [0.1, 0.15) is 0 Å². The van der Waals surface area contributed by atoms with Gasteiger partial charge in [-0.15, -0.1) is 12.4 Å². The van der Waals surface area contributed by atoms with E-state index in [2.05, 4.69) is 5.32 Å². The van der Waals surface area contributed by atoms with Crippen molar-refractivity contribution in [2.24, 2.45) is 5.92 Å². The van der Waals surface area contributed by atoms with Crippen molar-refractivity contribution < 1.29 is 4.79 Å². The van der Waals surface area contributed by atoms with Gasteiger partial charge in [0.25, 0.3) is 0 Å². The van der Waals surface area contributed by atoms with Crippen LogP contribution in [-0.2, 0) is 4.79 Å². The summed E-state index contributed by atoms with van der Waals surface area (Å²) in [7, 11) is 1.82. The van der Waals surface area contributed by atoms with Crippen LogP contribution in [0.25, 0.3) is 0 Å². The van der Waals surface area contributed by atoms with Gasteiger partial charge in [0.15, 0.2) is 0 Å². The number of halogens is 2. The van der Waals surface area contributed by atoms with Gasteiger partial charge in [-0.2, -0.15) is 0 Å². The van der Waals surface area contributed by atoms with Crippen molar-refractivity contribution in [1.82, 2.24) is 5.32 Å². The van der Waals surface area contributed by atoms with Crippen LogP contribution in [0, 0.1) is 12.8 Å². The van der Waals surface area contributed by atoms with Crippen LogP contribution < -0.4 is 10.2 Å². The van der Waals surface area contributed by atoms with E-state index in [1.165, 1.54) is 0 Å². The molecule has 1 aromatic rings. The SMILES string of the molecule is Cc1ccc(N(C)C(=O)C2CCNCC2)cc1Cl.Cl. The predicted molar refractivity (Wildman–Crippen MR) is 82.4 cm³/mol. The first-order valence-corrected chi connectivity index (χ1v) is 6.72. The first kappa shape index (κ1) is 16.3.